The number of likely N-dealkylation sites (tertiary alicyclic amines) is 1. The van der Waals surface area contributed by atoms with Crippen molar-refractivity contribution in [1.82, 2.24) is 4.90 Å². The Bertz CT molecular complexity index is 665. The molecule has 2 heteroatoms. The fraction of sp³-hybridized carbons (Fsp3) is 0.381. The molecular weight excluding hydrogens is 282 g/mol. The van der Waals surface area contributed by atoms with Crippen LogP contribution in [0.15, 0.2) is 67.3 Å². The second kappa shape index (κ2) is 5.52. The van der Waals surface area contributed by atoms with Crippen LogP contribution in [-0.2, 0) is 4.79 Å². The highest BCUT2D eigenvalue weighted by molar-refractivity contribution is 5.90. The lowest BCUT2D eigenvalue weighted by molar-refractivity contribution is -0.139. The first-order chi connectivity index (χ1) is 10.9. The van der Waals surface area contributed by atoms with E-state index in [0.29, 0.717) is 6.42 Å². The van der Waals surface area contributed by atoms with E-state index in [4.69, 9.17) is 0 Å². The van der Waals surface area contributed by atoms with Gasteiger partial charge in [0.25, 0.3) is 0 Å². The summed E-state index contributed by atoms with van der Waals surface area (Å²) in [4.78, 5) is 15.6. The van der Waals surface area contributed by atoms with Crippen LogP contribution in [0.2, 0.25) is 0 Å². The van der Waals surface area contributed by atoms with Gasteiger partial charge in [0, 0.05) is 11.5 Å². The number of allylic oxidation sites excluding steroid dienone is 3. The fourth-order valence-corrected chi connectivity index (χ4v) is 4.06. The van der Waals surface area contributed by atoms with E-state index in [-0.39, 0.29) is 23.4 Å². The average Bonchev–Trinajstić information content (AvgIpc) is 2.78. The number of amides is 1. The number of benzene rings is 1. The zero-order valence-electron chi connectivity index (χ0n) is 14.2. The van der Waals surface area contributed by atoms with Gasteiger partial charge in [-0.05, 0) is 32.8 Å². The highest BCUT2D eigenvalue weighted by atomic mass is 16.2. The normalized spacial score (nSPS) is 29.7. The minimum atomic E-state index is -0.496. The summed E-state index contributed by atoms with van der Waals surface area (Å²) in [5.41, 5.74) is 0.473. The van der Waals surface area contributed by atoms with Gasteiger partial charge >= 0.3 is 0 Å². The summed E-state index contributed by atoms with van der Waals surface area (Å²) in [6, 6.07) is 10.5. The van der Waals surface area contributed by atoms with Crippen molar-refractivity contribution < 1.29 is 4.79 Å². The van der Waals surface area contributed by atoms with Gasteiger partial charge in [0.05, 0.1) is 11.5 Å². The van der Waals surface area contributed by atoms with Gasteiger partial charge in [-0.2, -0.15) is 0 Å². The molecule has 1 fully saturated rings. The lowest BCUT2D eigenvalue weighted by Crippen LogP contribution is -2.46. The monoisotopic (exact) mass is 307 g/mol. The zero-order chi connectivity index (χ0) is 16.7. The lowest BCUT2D eigenvalue weighted by Gasteiger charge is -2.38. The van der Waals surface area contributed by atoms with Crippen LogP contribution >= 0.6 is 0 Å². The maximum atomic E-state index is 13.5. The molecule has 1 aromatic carbocycles. The van der Waals surface area contributed by atoms with Gasteiger partial charge in [0.2, 0.25) is 5.91 Å². The van der Waals surface area contributed by atoms with Crippen LogP contribution in [0.1, 0.15) is 38.8 Å². The van der Waals surface area contributed by atoms with Crippen molar-refractivity contribution in [2.75, 3.05) is 0 Å². The Balaban J connectivity index is 2.19. The average molecular weight is 307 g/mol. The molecule has 1 aromatic rings. The summed E-state index contributed by atoms with van der Waals surface area (Å²) in [5.74, 6) is 0.351. The quantitative estimate of drug-likeness (QED) is 0.743. The zero-order valence-corrected chi connectivity index (χ0v) is 14.2. The van der Waals surface area contributed by atoms with Gasteiger partial charge in [-0.3, -0.25) is 4.79 Å². The predicted octanol–water partition coefficient (Wildman–Crippen LogP) is 4.67. The molecule has 0 bridgehead atoms. The summed E-state index contributed by atoms with van der Waals surface area (Å²) in [6.45, 7) is 10.3. The van der Waals surface area contributed by atoms with Gasteiger partial charge in [-0.25, -0.2) is 0 Å². The Hall–Kier alpha value is -2.09. The Kier molecular flexibility index (Phi) is 3.79. The van der Waals surface area contributed by atoms with Crippen molar-refractivity contribution in [3.8, 4) is 0 Å². The minimum absolute atomic E-state index is 0.0600. The first-order valence-corrected chi connectivity index (χ1v) is 8.27. The number of carbonyl (C=O) groups is 1. The molecule has 0 unspecified atom stereocenters. The Morgan fingerprint density at radius 3 is 2.52 bits per heavy atom. The van der Waals surface area contributed by atoms with Crippen molar-refractivity contribution in [3.63, 3.8) is 0 Å². The summed E-state index contributed by atoms with van der Waals surface area (Å²) in [7, 11) is 0. The molecule has 3 rings (SSSR count). The van der Waals surface area contributed by atoms with Gasteiger partial charge in [0.15, 0.2) is 0 Å². The summed E-state index contributed by atoms with van der Waals surface area (Å²) in [5, 5.41) is 0. The standard InChI is InChI=1S/C21H25NO/c1-5-14-21-15-10-9-13-17(21)18(16-11-7-6-8-12-16)22(19(21)23)20(2,3)4/h5-13,15,17-18H,1,14H2,2-4H3/t17-,18-,21-/m0/s1. The fourth-order valence-electron chi connectivity index (χ4n) is 4.06. The van der Waals surface area contributed by atoms with Crippen LogP contribution in [-0.4, -0.2) is 16.3 Å². The molecule has 1 saturated heterocycles. The molecule has 2 nitrogen and oxygen atoms in total. The third kappa shape index (κ3) is 2.37. The Morgan fingerprint density at radius 2 is 1.91 bits per heavy atom. The maximum absolute atomic E-state index is 13.5. The third-order valence-corrected chi connectivity index (χ3v) is 5.00. The van der Waals surface area contributed by atoms with Crippen molar-refractivity contribution in [1.29, 1.82) is 0 Å². The van der Waals surface area contributed by atoms with E-state index < -0.39 is 5.41 Å². The topological polar surface area (TPSA) is 20.3 Å². The Labute approximate surface area is 139 Å². The SMILES string of the molecule is C=CC[C@]12C=CC=C[C@H]1[C@H](c1ccccc1)N(C(C)(C)C)C2=O. The van der Waals surface area contributed by atoms with Crippen molar-refractivity contribution >= 4 is 5.91 Å². The number of nitrogens with zero attached hydrogens (tertiary/aromatic N) is 1. The van der Waals surface area contributed by atoms with E-state index in [0.717, 1.165) is 0 Å². The van der Waals surface area contributed by atoms with Crippen LogP contribution in [0.3, 0.4) is 0 Å². The highest BCUT2D eigenvalue weighted by Gasteiger charge is 2.59. The van der Waals surface area contributed by atoms with Gasteiger partial charge < -0.3 is 4.90 Å². The third-order valence-electron chi connectivity index (χ3n) is 5.00. The molecule has 3 atom stereocenters. The molecule has 0 spiro atoms. The van der Waals surface area contributed by atoms with Crippen molar-refractivity contribution in [2.45, 2.75) is 38.8 Å². The first kappa shape index (κ1) is 15.8. The molecule has 0 aromatic heterocycles. The second-order valence-electron chi connectivity index (χ2n) is 7.50. The van der Waals surface area contributed by atoms with Crippen LogP contribution < -0.4 is 0 Å². The van der Waals surface area contributed by atoms with Gasteiger partial charge in [-0.15, -0.1) is 6.58 Å². The molecule has 120 valence electrons. The lowest BCUT2D eigenvalue weighted by atomic mass is 9.69. The molecule has 1 amide bonds. The summed E-state index contributed by atoms with van der Waals surface area (Å²) < 4.78 is 0. The van der Waals surface area contributed by atoms with Crippen LogP contribution in [0, 0.1) is 11.3 Å². The van der Waals surface area contributed by atoms with Crippen LogP contribution in [0.4, 0.5) is 0 Å². The van der Waals surface area contributed by atoms with E-state index >= 15 is 0 Å². The second-order valence-corrected chi connectivity index (χ2v) is 7.50. The summed E-state index contributed by atoms with van der Waals surface area (Å²) in [6.07, 6.45) is 10.9. The number of rotatable bonds is 3. The van der Waals surface area contributed by atoms with Crippen molar-refractivity contribution in [3.05, 3.63) is 72.9 Å². The van der Waals surface area contributed by atoms with Crippen LogP contribution in [0.5, 0.6) is 0 Å². The summed E-state index contributed by atoms with van der Waals surface area (Å²) >= 11 is 0. The molecule has 1 heterocycles. The first-order valence-electron chi connectivity index (χ1n) is 8.27. The van der Waals surface area contributed by atoms with E-state index in [1.165, 1.54) is 5.56 Å². The molecule has 1 aliphatic carbocycles. The molecule has 0 N–H and O–H groups in total. The Morgan fingerprint density at radius 1 is 1.22 bits per heavy atom. The molecule has 1 aliphatic heterocycles. The van der Waals surface area contributed by atoms with E-state index in [1.807, 2.05) is 18.2 Å². The van der Waals surface area contributed by atoms with Crippen LogP contribution in [0.25, 0.3) is 0 Å². The van der Waals surface area contributed by atoms with Gasteiger partial charge in [0.1, 0.15) is 0 Å². The van der Waals surface area contributed by atoms with Gasteiger partial charge in [-0.1, -0.05) is 60.7 Å². The highest BCUT2D eigenvalue weighted by Crippen LogP contribution is 2.56. The molecule has 23 heavy (non-hydrogen) atoms. The molecule has 2 aliphatic rings. The largest absolute Gasteiger partial charge is 0.329 e. The number of hydrogen-bond donors (Lipinski definition) is 0. The molecular formula is C21H25NO. The van der Waals surface area contributed by atoms with E-state index in [1.54, 1.807) is 0 Å². The number of fused-ring (bicyclic) bond motifs is 1. The van der Waals surface area contributed by atoms with E-state index in [2.05, 4.69) is 74.7 Å². The maximum Gasteiger partial charge on any atom is 0.234 e. The number of carbonyl (C=O) groups excluding carboxylic acids is 1. The number of hydrogen-bond acceptors (Lipinski definition) is 1. The predicted molar refractivity (Wildman–Crippen MR) is 94.8 cm³/mol. The minimum Gasteiger partial charge on any atom is -0.329 e. The molecule has 0 saturated carbocycles. The van der Waals surface area contributed by atoms with Crippen molar-refractivity contribution in [2.24, 2.45) is 11.3 Å². The van der Waals surface area contributed by atoms with E-state index in [9.17, 15) is 4.79 Å². The molecule has 0 radical (unpaired) electrons. The smallest absolute Gasteiger partial charge is 0.234 e.